The van der Waals surface area contributed by atoms with Crippen LogP contribution in [0.4, 0.5) is 0 Å². The van der Waals surface area contributed by atoms with Crippen molar-refractivity contribution in [3.8, 4) is 0 Å². The van der Waals surface area contributed by atoms with Gasteiger partial charge in [-0.1, -0.05) is 60.3 Å². The van der Waals surface area contributed by atoms with Crippen LogP contribution in [0.25, 0.3) is 0 Å². The topological polar surface area (TPSA) is 491 Å². The van der Waals surface area contributed by atoms with E-state index in [9.17, 15) is 63.0 Å². The van der Waals surface area contributed by atoms with Gasteiger partial charge in [0.1, 0.15) is 60.4 Å². The molecule has 0 spiro atoms. The summed E-state index contributed by atoms with van der Waals surface area (Å²) in [5.74, 6) is -10.3. The molecule has 11 amide bonds. The van der Waals surface area contributed by atoms with Gasteiger partial charge in [0, 0.05) is 13.0 Å². The summed E-state index contributed by atoms with van der Waals surface area (Å²) in [6.07, 6.45) is -0.515. The van der Waals surface area contributed by atoms with Crippen molar-refractivity contribution in [2.24, 2.45) is 40.5 Å². The third-order valence-electron chi connectivity index (χ3n) is 13.3. The van der Waals surface area contributed by atoms with Crippen LogP contribution >= 0.6 is 0 Å². The molecule has 80 heavy (non-hydrogen) atoms. The fourth-order valence-electron chi connectivity index (χ4n) is 8.46. The van der Waals surface area contributed by atoms with Crippen LogP contribution in [-0.4, -0.2) is 187 Å². The molecule has 13 atom stereocenters. The van der Waals surface area contributed by atoms with Gasteiger partial charge >= 0.3 is 0 Å². The number of carbonyl (C=O) groups excluding carboxylic acids is 11. The average Bonchev–Trinajstić information content (AvgIpc) is 3.39. The van der Waals surface area contributed by atoms with Crippen molar-refractivity contribution in [3.63, 3.8) is 0 Å². The van der Waals surface area contributed by atoms with E-state index in [0.717, 1.165) is 19.3 Å². The lowest BCUT2D eigenvalue weighted by molar-refractivity contribution is -0.137. The molecule has 0 bridgehead atoms. The van der Waals surface area contributed by atoms with Gasteiger partial charge in [-0.2, -0.15) is 0 Å². The van der Waals surface area contributed by atoms with Crippen molar-refractivity contribution >= 4 is 65.0 Å². The molecule has 1 rings (SSSR count). The zero-order valence-corrected chi connectivity index (χ0v) is 47.8. The Morgan fingerprint density at radius 2 is 1.04 bits per heavy atom. The second kappa shape index (κ2) is 38.5. The molecule has 458 valence electrons. The zero-order valence-electron chi connectivity index (χ0n) is 47.8. The molecule has 1 aliphatic rings. The molecule has 29 nitrogen and oxygen atoms in total. The van der Waals surface area contributed by atoms with Gasteiger partial charge in [0.15, 0.2) is 0 Å². The number of hydrogen-bond acceptors (Lipinski definition) is 18. The lowest BCUT2D eigenvalue weighted by Gasteiger charge is -2.30. The normalized spacial score (nSPS) is 23.6. The summed E-state index contributed by atoms with van der Waals surface area (Å²) in [6, 6.07) is -14.5. The number of nitrogens with two attached hydrogens (primary N) is 5. The van der Waals surface area contributed by atoms with Gasteiger partial charge in [-0.3, -0.25) is 52.7 Å². The summed E-state index contributed by atoms with van der Waals surface area (Å²) in [7, 11) is 0. The number of amides is 11. The Labute approximate surface area is 469 Å². The first-order chi connectivity index (χ1) is 37.8. The maximum absolute atomic E-state index is 14.4. The second-order valence-corrected chi connectivity index (χ2v) is 20.7. The summed E-state index contributed by atoms with van der Waals surface area (Å²) in [5.41, 5.74) is 29.2. The summed E-state index contributed by atoms with van der Waals surface area (Å²) < 4.78 is 0. The highest BCUT2D eigenvalue weighted by Crippen LogP contribution is 2.13. The number of rotatable bonds is 28. The fourth-order valence-corrected chi connectivity index (χ4v) is 8.46. The Kier molecular flexibility index (Phi) is 34.6. The Morgan fingerprint density at radius 3 is 1.52 bits per heavy atom. The molecular weight excluding hydrogens is 1040 g/mol. The van der Waals surface area contributed by atoms with E-state index in [1.165, 1.54) is 13.8 Å². The highest BCUT2D eigenvalue weighted by Gasteiger charge is 2.38. The minimum atomic E-state index is -1.69. The molecule has 1 saturated heterocycles. The Bertz CT molecular complexity index is 2020. The predicted molar refractivity (Wildman–Crippen MR) is 296 cm³/mol. The summed E-state index contributed by atoms with van der Waals surface area (Å²) >= 11 is 0. The molecule has 1 heterocycles. The maximum Gasteiger partial charge on any atom is 0.245 e. The number of carbonyl (C=O) groups is 11. The summed E-state index contributed by atoms with van der Waals surface area (Å²) in [4.78, 5) is 152. The van der Waals surface area contributed by atoms with Crippen molar-refractivity contribution < 1.29 is 63.0 Å². The van der Waals surface area contributed by atoms with E-state index in [2.05, 4.69) is 58.5 Å². The second-order valence-electron chi connectivity index (χ2n) is 20.7. The number of aliphatic hydroxyl groups excluding tert-OH is 2. The van der Waals surface area contributed by atoms with Gasteiger partial charge in [0.2, 0.25) is 65.0 Å². The molecule has 0 aliphatic carbocycles. The van der Waals surface area contributed by atoms with Crippen LogP contribution in [0, 0.1) is 11.8 Å². The first-order valence-electron chi connectivity index (χ1n) is 28.0. The molecule has 0 aromatic carbocycles. The fraction of sp³-hybridized carbons (Fsp3) is 0.784. The van der Waals surface area contributed by atoms with Crippen LogP contribution in [0.3, 0.4) is 0 Å². The van der Waals surface area contributed by atoms with Crippen molar-refractivity contribution in [3.05, 3.63) is 0 Å². The van der Waals surface area contributed by atoms with Crippen LogP contribution in [0.1, 0.15) is 132 Å². The third kappa shape index (κ3) is 25.6. The molecule has 1 aliphatic heterocycles. The molecule has 1 fully saturated rings. The SMILES string of the molecule is CCCCCCC(=O)N[C@@H](CCN)C(=O)N[C@H](C(=O)N[C@@H](CCN)C(=O)NC1CCNC(=O)C([C@@H](C)O)NC(=O)[C@H](CCN)NC(=O)[C@H](CCN)NC(=O)[C@H]([C@@H](C)CC)NC(=O)[C@@H](CC(C)C)NC(=O)C(CCN)NC1=O)[C@@H](C)O. The smallest absolute Gasteiger partial charge is 0.245 e. The highest BCUT2D eigenvalue weighted by molar-refractivity contribution is 5.99. The van der Waals surface area contributed by atoms with E-state index >= 15 is 0 Å². The van der Waals surface area contributed by atoms with Gasteiger partial charge in [-0.05, 0) is 110 Å². The zero-order chi connectivity index (χ0) is 60.6. The van der Waals surface area contributed by atoms with E-state index in [1.54, 1.807) is 27.7 Å². The largest absolute Gasteiger partial charge is 0.391 e. The Morgan fingerprint density at radius 1 is 0.550 bits per heavy atom. The first-order valence-corrected chi connectivity index (χ1v) is 28.0. The van der Waals surface area contributed by atoms with E-state index in [0.29, 0.717) is 12.8 Å². The predicted octanol–water partition coefficient (Wildman–Crippen LogP) is -6.08. The van der Waals surface area contributed by atoms with Crippen LogP contribution in [0.5, 0.6) is 0 Å². The van der Waals surface area contributed by atoms with E-state index in [4.69, 9.17) is 28.7 Å². The summed E-state index contributed by atoms with van der Waals surface area (Å²) in [5, 5.41) is 49.4. The van der Waals surface area contributed by atoms with Gasteiger partial charge in [-0.25, -0.2) is 0 Å². The number of unbranched alkanes of at least 4 members (excludes halogenated alkanes) is 3. The summed E-state index contributed by atoms with van der Waals surface area (Å²) in [6.45, 7) is 10.3. The number of nitrogens with one attached hydrogen (secondary N) is 11. The average molecular weight is 1140 g/mol. The maximum atomic E-state index is 14.4. The lowest BCUT2D eigenvalue weighted by atomic mass is 9.96. The molecule has 0 saturated carbocycles. The van der Waals surface area contributed by atoms with E-state index in [-0.39, 0.29) is 83.6 Å². The van der Waals surface area contributed by atoms with Gasteiger partial charge < -0.3 is 97.4 Å². The first kappa shape index (κ1) is 71.9. The quantitative estimate of drug-likeness (QED) is 0.0324. The number of aliphatic hydroxyl groups is 2. The molecule has 3 unspecified atom stereocenters. The van der Waals surface area contributed by atoms with Crippen LogP contribution in [0.15, 0.2) is 0 Å². The van der Waals surface area contributed by atoms with E-state index < -0.39 is 156 Å². The molecule has 0 aromatic heterocycles. The van der Waals surface area contributed by atoms with Crippen molar-refractivity contribution in [1.29, 1.82) is 0 Å². The molecule has 29 heteroatoms. The highest BCUT2D eigenvalue weighted by atomic mass is 16.3. The van der Waals surface area contributed by atoms with Crippen molar-refractivity contribution in [2.45, 2.75) is 205 Å². The molecule has 0 radical (unpaired) electrons. The van der Waals surface area contributed by atoms with Gasteiger partial charge in [-0.15, -0.1) is 0 Å². The van der Waals surface area contributed by atoms with Gasteiger partial charge in [0.05, 0.1) is 12.2 Å². The molecule has 23 N–H and O–H groups in total. The number of hydrogen-bond donors (Lipinski definition) is 18. The molecule has 0 aromatic rings. The lowest BCUT2D eigenvalue weighted by Crippen LogP contribution is -2.62. The van der Waals surface area contributed by atoms with Gasteiger partial charge in [0.25, 0.3) is 0 Å². The van der Waals surface area contributed by atoms with Crippen LogP contribution < -0.4 is 87.2 Å². The minimum absolute atomic E-state index is 0.0110. The van der Waals surface area contributed by atoms with E-state index in [1.807, 2.05) is 6.92 Å². The monoisotopic (exact) mass is 1140 g/mol. The standard InChI is InChI=1S/C51H96N16O13/c1-8-10-11-12-13-38(70)58-31(14-20-52)46(75)67-41(30(7)69)51(80)63-34(17-23-55)43(72)61-36-19-25-57-49(78)40(29(6)68)66-47(76)35(18-24-56)60-42(71)33(16-22-54)62-50(79)39(28(5)9-2)65-48(77)37(26-27(3)4)64-44(73)32(15-21-53)59-45(36)74/h27-37,39-41,68-69H,8-26,52-56H2,1-7H3,(H,57,78)(H,58,70)(H,59,74)(H,60,71)(H,61,72)(H,62,79)(H,63,80)(H,64,73)(H,65,77)(H,66,76)(H,67,75)/t28-,29+,30+,31-,32?,33-,34-,35-,36?,37+,39-,40?,41-/m0/s1. The Balaban J connectivity index is 3.85. The van der Waals surface area contributed by atoms with Crippen LogP contribution in [0.2, 0.25) is 0 Å². The van der Waals surface area contributed by atoms with Crippen LogP contribution in [-0.2, 0) is 52.7 Å². The van der Waals surface area contributed by atoms with Crippen molar-refractivity contribution in [1.82, 2.24) is 58.5 Å². The molecular formula is C51H96N16O13. The third-order valence-corrected chi connectivity index (χ3v) is 13.3. The minimum Gasteiger partial charge on any atom is -0.391 e. The van der Waals surface area contributed by atoms with Crippen molar-refractivity contribution in [2.75, 3.05) is 39.3 Å². The Hall–Kier alpha value is -6.11.